The van der Waals surface area contributed by atoms with Crippen LogP contribution < -0.4 is 5.32 Å². The molecule has 0 aliphatic rings. The molecule has 6 nitrogen and oxygen atoms in total. The van der Waals surface area contributed by atoms with Crippen LogP contribution in [-0.2, 0) is 14.3 Å². The molecule has 2 unspecified atom stereocenters. The number of unbranched alkanes of at least 4 members (excludes halogenated alkanes) is 46. The molecule has 0 bridgehead atoms. The second-order valence-electron chi connectivity index (χ2n) is 21.7. The molecule has 0 saturated carbocycles. The summed E-state index contributed by atoms with van der Waals surface area (Å²) in [6.07, 6.45) is 70.7. The minimum absolute atomic E-state index is 0.00135. The van der Waals surface area contributed by atoms with Crippen molar-refractivity contribution in [2.75, 3.05) is 13.2 Å². The average Bonchev–Trinajstić information content (AvgIpc) is 3.35. The molecule has 0 aromatic heterocycles. The third-order valence-electron chi connectivity index (χ3n) is 14.8. The Kier molecular flexibility index (Phi) is 58.0. The van der Waals surface area contributed by atoms with Gasteiger partial charge in [0.1, 0.15) is 0 Å². The number of esters is 1. The van der Waals surface area contributed by atoms with Crippen molar-refractivity contribution < 1.29 is 24.5 Å². The molecule has 3 N–H and O–H groups in total. The highest BCUT2D eigenvalue weighted by molar-refractivity contribution is 5.76. The standard InChI is InChI=1S/C63H123NO5/c1-3-5-7-9-11-13-15-17-19-21-23-25-27-31-35-39-43-47-51-55-61(66)60(59-65)64-62(67)56-52-48-44-40-36-32-29-30-34-38-42-46-50-54-58-69-63(68)57-53-49-45-41-37-33-28-26-24-22-20-18-16-14-12-10-8-6-4-2/h18,20,60-61,65-66H,3-17,19,21-59H2,1-2H3,(H,64,67)/b20-18-. The van der Waals surface area contributed by atoms with Crippen LogP contribution in [0.3, 0.4) is 0 Å². The molecule has 0 rings (SSSR count). The second-order valence-corrected chi connectivity index (χ2v) is 21.7. The Morgan fingerprint density at radius 2 is 0.681 bits per heavy atom. The van der Waals surface area contributed by atoms with E-state index in [9.17, 15) is 19.8 Å². The fourth-order valence-corrected chi connectivity index (χ4v) is 9.99. The average molecular weight is 975 g/mol. The van der Waals surface area contributed by atoms with Crippen molar-refractivity contribution in [3.63, 3.8) is 0 Å². The van der Waals surface area contributed by atoms with E-state index < -0.39 is 12.1 Å². The number of allylic oxidation sites excluding steroid dienone is 2. The van der Waals surface area contributed by atoms with Gasteiger partial charge >= 0.3 is 5.97 Å². The Bertz CT molecular complexity index is 1030. The Morgan fingerprint density at radius 3 is 1.03 bits per heavy atom. The van der Waals surface area contributed by atoms with E-state index in [0.29, 0.717) is 25.9 Å². The van der Waals surface area contributed by atoms with Crippen molar-refractivity contribution in [2.45, 2.75) is 366 Å². The fraction of sp³-hybridized carbons (Fsp3) is 0.937. The number of rotatable bonds is 59. The number of ether oxygens (including phenoxy) is 1. The minimum atomic E-state index is -0.672. The maximum Gasteiger partial charge on any atom is 0.305 e. The summed E-state index contributed by atoms with van der Waals surface area (Å²) in [7, 11) is 0. The third-order valence-corrected chi connectivity index (χ3v) is 14.8. The van der Waals surface area contributed by atoms with Crippen LogP contribution in [0.5, 0.6) is 0 Å². The Hall–Kier alpha value is -1.40. The topological polar surface area (TPSA) is 95.9 Å². The largest absolute Gasteiger partial charge is 0.466 e. The van der Waals surface area contributed by atoms with Crippen molar-refractivity contribution in [1.82, 2.24) is 5.32 Å². The lowest BCUT2D eigenvalue weighted by atomic mass is 10.0. The van der Waals surface area contributed by atoms with E-state index in [0.717, 1.165) is 51.4 Å². The highest BCUT2D eigenvalue weighted by Gasteiger charge is 2.20. The molecule has 0 aliphatic heterocycles. The van der Waals surface area contributed by atoms with E-state index in [1.807, 2.05) is 0 Å². The van der Waals surface area contributed by atoms with E-state index in [-0.39, 0.29) is 18.5 Å². The molecular weight excluding hydrogens is 851 g/mol. The summed E-state index contributed by atoms with van der Waals surface area (Å²) in [5.41, 5.74) is 0. The van der Waals surface area contributed by atoms with E-state index in [2.05, 4.69) is 31.3 Å². The number of hydrogen-bond donors (Lipinski definition) is 3. The molecule has 0 saturated heterocycles. The molecule has 1 amide bonds. The number of amides is 1. The highest BCUT2D eigenvalue weighted by atomic mass is 16.5. The second kappa shape index (κ2) is 59.2. The van der Waals surface area contributed by atoms with Crippen LogP contribution in [0.2, 0.25) is 0 Å². The summed E-state index contributed by atoms with van der Waals surface area (Å²) < 4.78 is 5.49. The van der Waals surface area contributed by atoms with Crippen LogP contribution in [0, 0.1) is 0 Å². The first-order chi connectivity index (χ1) is 34.0. The van der Waals surface area contributed by atoms with E-state index >= 15 is 0 Å². The lowest BCUT2D eigenvalue weighted by Crippen LogP contribution is -2.45. The zero-order valence-electron chi connectivity index (χ0n) is 46.8. The lowest BCUT2D eigenvalue weighted by molar-refractivity contribution is -0.143. The maximum atomic E-state index is 12.5. The molecule has 2 atom stereocenters. The van der Waals surface area contributed by atoms with Crippen molar-refractivity contribution >= 4 is 11.9 Å². The smallest absolute Gasteiger partial charge is 0.305 e. The Labute approximate surface area is 431 Å². The van der Waals surface area contributed by atoms with Gasteiger partial charge in [-0.15, -0.1) is 0 Å². The molecular formula is C63H123NO5. The normalized spacial score (nSPS) is 12.6. The SMILES string of the molecule is CCCCCCCC/C=C\CCCCCCCCCCCC(=O)OCCCCCCCCCCCCCCCCC(=O)NC(CO)C(O)CCCCCCCCCCCCCCCCCCCCC. The summed E-state index contributed by atoms with van der Waals surface area (Å²) in [5.74, 6) is -0.0431. The summed E-state index contributed by atoms with van der Waals surface area (Å²) in [5, 5.41) is 23.3. The van der Waals surface area contributed by atoms with Crippen molar-refractivity contribution in [3.8, 4) is 0 Å². The number of carbonyl (C=O) groups excluding carboxylic acids is 2. The molecule has 0 spiro atoms. The van der Waals surface area contributed by atoms with Gasteiger partial charge in [0.15, 0.2) is 0 Å². The Balaban J connectivity index is 3.41. The lowest BCUT2D eigenvalue weighted by Gasteiger charge is -2.22. The van der Waals surface area contributed by atoms with Gasteiger partial charge in [0.2, 0.25) is 5.91 Å². The van der Waals surface area contributed by atoms with Crippen LogP contribution in [0.15, 0.2) is 12.2 Å². The molecule has 410 valence electrons. The zero-order valence-corrected chi connectivity index (χ0v) is 46.8. The van der Waals surface area contributed by atoms with E-state index in [4.69, 9.17) is 4.74 Å². The summed E-state index contributed by atoms with van der Waals surface area (Å²) in [6.45, 7) is 4.96. The van der Waals surface area contributed by atoms with Gasteiger partial charge in [0.05, 0.1) is 25.4 Å². The van der Waals surface area contributed by atoms with Gasteiger partial charge < -0.3 is 20.3 Å². The van der Waals surface area contributed by atoms with Gasteiger partial charge in [-0.1, -0.05) is 302 Å². The van der Waals surface area contributed by atoms with Gasteiger partial charge in [0.25, 0.3) is 0 Å². The van der Waals surface area contributed by atoms with Gasteiger partial charge in [-0.3, -0.25) is 9.59 Å². The molecule has 0 heterocycles. The predicted octanol–water partition coefficient (Wildman–Crippen LogP) is 19.6. The molecule has 0 aromatic rings. The molecule has 6 heteroatoms. The number of nitrogens with one attached hydrogen (secondary N) is 1. The minimum Gasteiger partial charge on any atom is -0.466 e. The molecule has 69 heavy (non-hydrogen) atoms. The first-order valence-corrected chi connectivity index (χ1v) is 31.4. The Morgan fingerprint density at radius 1 is 0.391 bits per heavy atom. The van der Waals surface area contributed by atoms with Crippen molar-refractivity contribution in [3.05, 3.63) is 12.2 Å². The highest BCUT2D eigenvalue weighted by Crippen LogP contribution is 2.18. The summed E-state index contributed by atoms with van der Waals surface area (Å²) in [6, 6.07) is -0.550. The van der Waals surface area contributed by atoms with Gasteiger partial charge in [0, 0.05) is 12.8 Å². The van der Waals surface area contributed by atoms with Gasteiger partial charge in [-0.25, -0.2) is 0 Å². The third kappa shape index (κ3) is 55.8. The van der Waals surface area contributed by atoms with E-state index in [1.54, 1.807) is 0 Å². The number of hydrogen-bond acceptors (Lipinski definition) is 5. The van der Waals surface area contributed by atoms with Crippen LogP contribution in [0.4, 0.5) is 0 Å². The van der Waals surface area contributed by atoms with Crippen LogP contribution in [0.1, 0.15) is 354 Å². The molecule has 0 radical (unpaired) electrons. The van der Waals surface area contributed by atoms with Crippen LogP contribution >= 0.6 is 0 Å². The van der Waals surface area contributed by atoms with Crippen LogP contribution in [-0.4, -0.2) is 47.4 Å². The van der Waals surface area contributed by atoms with Gasteiger partial charge in [-0.2, -0.15) is 0 Å². The number of aliphatic hydroxyl groups is 2. The monoisotopic (exact) mass is 974 g/mol. The number of aliphatic hydroxyl groups excluding tert-OH is 2. The van der Waals surface area contributed by atoms with Crippen molar-refractivity contribution in [2.24, 2.45) is 0 Å². The molecule has 0 aromatic carbocycles. The summed E-state index contributed by atoms with van der Waals surface area (Å²) in [4.78, 5) is 24.6. The van der Waals surface area contributed by atoms with E-state index in [1.165, 1.54) is 270 Å². The number of carbonyl (C=O) groups is 2. The van der Waals surface area contributed by atoms with Gasteiger partial charge in [-0.05, 0) is 51.4 Å². The fourth-order valence-electron chi connectivity index (χ4n) is 9.99. The predicted molar refractivity (Wildman–Crippen MR) is 301 cm³/mol. The van der Waals surface area contributed by atoms with Crippen LogP contribution in [0.25, 0.3) is 0 Å². The summed E-state index contributed by atoms with van der Waals surface area (Å²) >= 11 is 0. The quantitative estimate of drug-likeness (QED) is 0.0321. The first kappa shape index (κ1) is 67.6. The maximum absolute atomic E-state index is 12.5. The van der Waals surface area contributed by atoms with Crippen molar-refractivity contribution in [1.29, 1.82) is 0 Å². The first-order valence-electron chi connectivity index (χ1n) is 31.4. The molecule has 0 aliphatic carbocycles. The zero-order chi connectivity index (χ0) is 50.0. The molecule has 0 fully saturated rings.